The van der Waals surface area contributed by atoms with E-state index in [9.17, 15) is 0 Å². The first-order chi connectivity index (χ1) is 9.31. The maximum absolute atomic E-state index is 6.09. The molecule has 1 N–H and O–H groups in total. The van der Waals surface area contributed by atoms with Gasteiger partial charge in [-0.3, -0.25) is 0 Å². The molecule has 1 aromatic carbocycles. The molecule has 0 amide bonds. The van der Waals surface area contributed by atoms with Crippen molar-refractivity contribution in [1.82, 2.24) is 15.5 Å². The van der Waals surface area contributed by atoms with E-state index in [4.69, 9.17) is 16.0 Å². The minimum Gasteiger partial charge on any atom is -0.419 e. The highest BCUT2D eigenvalue weighted by atomic mass is 35.5. The fourth-order valence-electron chi connectivity index (χ4n) is 1.76. The second-order valence-corrected chi connectivity index (χ2v) is 4.77. The lowest BCUT2D eigenvalue weighted by atomic mass is 10.2. The average Bonchev–Trinajstić information content (AvgIpc) is 2.88. The zero-order valence-electron chi connectivity index (χ0n) is 11.0. The van der Waals surface area contributed by atoms with Crippen LogP contribution in [-0.4, -0.2) is 16.7 Å². The fraction of sp³-hybridized carbons (Fsp3) is 0.429. The molecule has 2 rings (SSSR count). The third-order valence-corrected chi connectivity index (χ3v) is 3.13. The Bertz CT molecular complexity index is 513. The van der Waals surface area contributed by atoms with Gasteiger partial charge in [0, 0.05) is 0 Å². The predicted octanol–water partition coefficient (Wildman–Crippen LogP) is 3.67. The van der Waals surface area contributed by atoms with Crippen molar-refractivity contribution < 1.29 is 4.42 Å². The summed E-state index contributed by atoms with van der Waals surface area (Å²) < 4.78 is 5.59. The van der Waals surface area contributed by atoms with Crippen molar-refractivity contribution in [2.75, 3.05) is 6.54 Å². The molecule has 1 aromatic heterocycles. The molecule has 0 saturated carbocycles. The largest absolute Gasteiger partial charge is 0.419 e. The predicted molar refractivity (Wildman–Crippen MR) is 76.0 cm³/mol. The number of nitrogens with zero attached hydrogens (tertiary/aromatic N) is 2. The third-order valence-electron chi connectivity index (χ3n) is 2.80. The normalized spacial score (nSPS) is 10.8. The van der Waals surface area contributed by atoms with E-state index in [0.717, 1.165) is 12.1 Å². The van der Waals surface area contributed by atoms with Gasteiger partial charge in [0.2, 0.25) is 11.8 Å². The van der Waals surface area contributed by atoms with Gasteiger partial charge in [-0.2, -0.15) is 0 Å². The van der Waals surface area contributed by atoms with Crippen LogP contribution in [0.5, 0.6) is 0 Å². The number of benzene rings is 1. The van der Waals surface area contributed by atoms with E-state index >= 15 is 0 Å². The summed E-state index contributed by atoms with van der Waals surface area (Å²) in [6.45, 7) is 3.76. The molecule has 19 heavy (non-hydrogen) atoms. The van der Waals surface area contributed by atoms with Crippen molar-refractivity contribution >= 4 is 11.6 Å². The van der Waals surface area contributed by atoms with Crippen molar-refractivity contribution in [3.8, 4) is 11.5 Å². The highest BCUT2D eigenvalue weighted by Gasteiger charge is 2.10. The topological polar surface area (TPSA) is 51.0 Å². The van der Waals surface area contributed by atoms with E-state index in [1.54, 1.807) is 0 Å². The first kappa shape index (κ1) is 14.0. The van der Waals surface area contributed by atoms with Gasteiger partial charge < -0.3 is 9.73 Å². The number of unbranched alkanes of at least 4 members (excludes halogenated alkanes) is 2. The van der Waals surface area contributed by atoms with Crippen LogP contribution >= 0.6 is 11.6 Å². The summed E-state index contributed by atoms with van der Waals surface area (Å²) in [6.07, 6.45) is 3.63. The Hall–Kier alpha value is -1.39. The third kappa shape index (κ3) is 4.04. The zero-order chi connectivity index (χ0) is 13.5. The van der Waals surface area contributed by atoms with Crippen LogP contribution in [0.3, 0.4) is 0 Å². The second-order valence-electron chi connectivity index (χ2n) is 4.36. The summed E-state index contributed by atoms with van der Waals surface area (Å²) >= 11 is 6.09. The molecule has 0 atom stereocenters. The number of halogens is 1. The van der Waals surface area contributed by atoms with Crippen molar-refractivity contribution in [2.24, 2.45) is 0 Å². The molecule has 5 heteroatoms. The summed E-state index contributed by atoms with van der Waals surface area (Å²) in [5.74, 6) is 1.06. The van der Waals surface area contributed by atoms with Gasteiger partial charge in [0.1, 0.15) is 0 Å². The molecular formula is C14H18ClN3O. The van der Waals surface area contributed by atoms with Gasteiger partial charge in [0.15, 0.2) is 0 Å². The number of hydrogen-bond acceptors (Lipinski definition) is 4. The van der Waals surface area contributed by atoms with Crippen molar-refractivity contribution in [2.45, 2.75) is 32.7 Å². The zero-order valence-corrected chi connectivity index (χ0v) is 11.8. The molecule has 0 aliphatic heterocycles. The lowest BCUT2D eigenvalue weighted by Gasteiger charge is -2.00. The van der Waals surface area contributed by atoms with Crippen LogP contribution in [0, 0.1) is 0 Å². The van der Waals surface area contributed by atoms with Gasteiger partial charge in [0.05, 0.1) is 17.1 Å². The highest BCUT2D eigenvalue weighted by molar-refractivity contribution is 6.33. The van der Waals surface area contributed by atoms with Gasteiger partial charge in [0.25, 0.3) is 0 Å². The Morgan fingerprint density at radius 3 is 2.84 bits per heavy atom. The fourth-order valence-corrected chi connectivity index (χ4v) is 1.98. The molecule has 0 aliphatic rings. The molecule has 4 nitrogen and oxygen atoms in total. The maximum Gasteiger partial charge on any atom is 0.249 e. The summed E-state index contributed by atoms with van der Waals surface area (Å²) in [4.78, 5) is 0. The molecule has 2 aromatic rings. The van der Waals surface area contributed by atoms with Crippen LogP contribution < -0.4 is 5.32 Å². The number of nitrogens with one attached hydrogen (secondary N) is 1. The quantitative estimate of drug-likeness (QED) is 0.786. The first-order valence-corrected chi connectivity index (χ1v) is 6.97. The van der Waals surface area contributed by atoms with Crippen LogP contribution in [0.15, 0.2) is 28.7 Å². The van der Waals surface area contributed by atoms with E-state index in [-0.39, 0.29) is 0 Å². The smallest absolute Gasteiger partial charge is 0.249 e. The molecule has 0 radical (unpaired) electrons. The van der Waals surface area contributed by atoms with Gasteiger partial charge in [-0.05, 0) is 25.1 Å². The number of aromatic nitrogens is 2. The number of hydrogen-bond donors (Lipinski definition) is 1. The Balaban J connectivity index is 1.91. The molecular weight excluding hydrogens is 262 g/mol. The molecule has 0 fully saturated rings. The number of rotatable bonds is 7. The van der Waals surface area contributed by atoms with E-state index in [0.29, 0.717) is 23.3 Å². The van der Waals surface area contributed by atoms with Crippen LogP contribution in [0.1, 0.15) is 32.1 Å². The maximum atomic E-state index is 6.09. The summed E-state index contributed by atoms with van der Waals surface area (Å²) in [7, 11) is 0. The Morgan fingerprint density at radius 2 is 2.05 bits per heavy atom. The average molecular weight is 280 g/mol. The van der Waals surface area contributed by atoms with E-state index in [1.165, 1.54) is 19.3 Å². The van der Waals surface area contributed by atoms with E-state index < -0.39 is 0 Å². The minimum atomic E-state index is 0.468. The Morgan fingerprint density at radius 1 is 1.21 bits per heavy atom. The highest BCUT2D eigenvalue weighted by Crippen LogP contribution is 2.25. The molecule has 0 saturated heterocycles. The molecule has 102 valence electrons. The van der Waals surface area contributed by atoms with E-state index in [2.05, 4.69) is 22.4 Å². The molecule has 0 spiro atoms. The SMILES string of the molecule is CCCCCNCc1nnc(-c2ccccc2Cl)o1. The monoisotopic (exact) mass is 279 g/mol. The van der Waals surface area contributed by atoms with Gasteiger partial charge in [-0.25, -0.2) is 0 Å². The van der Waals surface area contributed by atoms with Crippen molar-refractivity contribution in [3.63, 3.8) is 0 Å². The molecule has 0 bridgehead atoms. The second kappa shape index (κ2) is 7.26. The minimum absolute atomic E-state index is 0.468. The van der Waals surface area contributed by atoms with Crippen LogP contribution in [0.2, 0.25) is 5.02 Å². The van der Waals surface area contributed by atoms with Crippen molar-refractivity contribution in [1.29, 1.82) is 0 Å². The summed E-state index contributed by atoms with van der Waals surface area (Å²) in [5.41, 5.74) is 0.772. The Kier molecular flexibility index (Phi) is 5.36. The van der Waals surface area contributed by atoms with Gasteiger partial charge in [-0.15, -0.1) is 10.2 Å². The van der Waals surface area contributed by atoms with Gasteiger partial charge in [-0.1, -0.05) is 43.5 Å². The molecule has 0 aliphatic carbocycles. The molecule has 0 unspecified atom stereocenters. The van der Waals surface area contributed by atoms with E-state index in [1.807, 2.05) is 24.3 Å². The van der Waals surface area contributed by atoms with Crippen LogP contribution in [0.4, 0.5) is 0 Å². The Labute approximate surface area is 118 Å². The molecule has 1 heterocycles. The first-order valence-electron chi connectivity index (χ1n) is 6.59. The van der Waals surface area contributed by atoms with Gasteiger partial charge >= 0.3 is 0 Å². The summed E-state index contributed by atoms with van der Waals surface area (Å²) in [5, 5.41) is 11.9. The standard InChI is InChI=1S/C14H18ClN3O/c1-2-3-6-9-16-10-13-17-18-14(19-13)11-7-4-5-8-12(11)15/h4-5,7-8,16H,2-3,6,9-10H2,1H3. The van der Waals surface area contributed by atoms with Crippen molar-refractivity contribution in [3.05, 3.63) is 35.2 Å². The summed E-state index contributed by atoms with van der Waals surface area (Å²) in [6, 6.07) is 7.45. The van der Waals surface area contributed by atoms with Crippen LogP contribution in [0.25, 0.3) is 11.5 Å². The van der Waals surface area contributed by atoms with Crippen LogP contribution in [-0.2, 0) is 6.54 Å². The lowest BCUT2D eigenvalue weighted by Crippen LogP contribution is -2.14. The lowest BCUT2D eigenvalue weighted by molar-refractivity contribution is 0.473.